The van der Waals surface area contributed by atoms with Crippen LogP contribution in [0, 0.1) is 6.92 Å². The van der Waals surface area contributed by atoms with Gasteiger partial charge in [0.25, 0.3) is 0 Å². The Balaban J connectivity index is 1.28. The van der Waals surface area contributed by atoms with Crippen LogP contribution in [0.15, 0.2) is 54.6 Å². The van der Waals surface area contributed by atoms with Crippen LogP contribution in [-0.2, 0) is 22.5 Å². The second-order valence-electron chi connectivity index (χ2n) is 7.77. The average Bonchev–Trinajstić information content (AvgIpc) is 3.19. The van der Waals surface area contributed by atoms with E-state index in [1.165, 1.54) is 0 Å². The number of hydrogen-bond acceptors (Lipinski definition) is 6. The number of carbonyl (C=O) groups is 1. The molecule has 3 aromatic rings. The first kappa shape index (κ1) is 22.0. The highest BCUT2D eigenvalue weighted by Gasteiger charge is 2.14. The lowest BCUT2D eigenvalue weighted by Crippen LogP contribution is -2.38. The Bertz CT molecular complexity index is 998. The van der Waals surface area contributed by atoms with E-state index in [2.05, 4.69) is 20.5 Å². The second-order valence-corrected chi connectivity index (χ2v) is 7.77. The number of carbonyl (C=O) groups excluding carboxylic acids is 1. The van der Waals surface area contributed by atoms with Crippen molar-refractivity contribution in [1.29, 1.82) is 0 Å². The van der Waals surface area contributed by atoms with Gasteiger partial charge < -0.3 is 14.8 Å². The van der Waals surface area contributed by atoms with E-state index < -0.39 is 0 Å². The van der Waals surface area contributed by atoms with Crippen LogP contribution in [0.1, 0.15) is 17.0 Å². The van der Waals surface area contributed by atoms with E-state index in [9.17, 15) is 4.79 Å². The SMILES string of the molecule is Cc1c(CC(=O)NCc2ccccc2)nnn1-c1ccc(OCCN2CCOCC2)cc1. The third-order valence-corrected chi connectivity index (χ3v) is 5.51. The van der Waals surface area contributed by atoms with Crippen LogP contribution in [0.4, 0.5) is 0 Å². The number of nitrogens with one attached hydrogen (secondary N) is 1. The van der Waals surface area contributed by atoms with E-state index >= 15 is 0 Å². The van der Waals surface area contributed by atoms with Crippen LogP contribution >= 0.6 is 0 Å². The predicted octanol–water partition coefficient (Wildman–Crippen LogP) is 2.15. The highest BCUT2D eigenvalue weighted by molar-refractivity contribution is 5.78. The zero-order valence-electron chi connectivity index (χ0n) is 18.4. The molecule has 0 atom stereocenters. The van der Waals surface area contributed by atoms with Gasteiger partial charge in [-0.15, -0.1) is 5.10 Å². The van der Waals surface area contributed by atoms with Gasteiger partial charge in [-0.2, -0.15) is 0 Å². The van der Waals surface area contributed by atoms with Crippen LogP contribution in [-0.4, -0.2) is 65.3 Å². The van der Waals surface area contributed by atoms with Crippen LogP contribution in [0.3, 0.4) is 0 Å². The minimum atomic E-state index is -0.0759. The predicted molar refractivity (Wildman–Crippen MR) is 121 cm³/mol. The minimum Gasteiger partial charge on any atom is -0.492 e. The Hall–Kier alpha value is -3.23. The van der Waals surface area contributed by atoms with Crippen molar-refractivity contribution in [2.24, 2.45) is 0 Å². The topological polar surface area (TPSA) is 81.5 Å². The van der Waals surface area contributed by atoms with Gasteiger partial charge in [-0.05, 0) is 36.8 Å². The zero-order chi connectivity index (χ0) is 22.2. The van der Waals surface area contributed by atoms with Crippen molar-refractivity contribution in [3.8, 4) is 11.4 Å². The summed E-state index contributed by atoms with van der Waals surface area (Å²) in [6.07, 6.45) is 0.196. The summed E-state index contributed by atoms with van der Waals surface area (Å²) in [5.74, 6) is 0.744. The van der Waals surface area contributed by atoms with Gasteiger partial charge in [-0.25, -0.2) is 4.68 Å². The van der Waals surface area contributed by atoms with E-state index in [4.69, 9.17) is 9.47 Å². The van der Waals surface area contributed by atoms with E-state index in [1.54, 1.807) is 4.68 Å². The number of morpholine rings is 1. The lowest BCUT2D eigenvalue weighted by atomic mass is 10.2. The van der Waals surface area contributed by atoms with Crippen LogP contribution in [0.2, 0.25) is 0 Å². The van der Waals surface area contributed by atoms with Crippen molar-refractivity contribution >= 4 is 5.91 Å². The molecule has 168 valence electrons. The summed E-state index contributed by atoms with van der Waals surface area (Å²) >= 11 is 0. The van der Waals surface area contributed by atoms with Gasteiger partial charge in [0.2, 0.25) is 5.91 Å². The molecule has 1 amide bonds. The molecule has 1 N–H and O–H groups in total. The number of nitrogens with zero attached hydrogens (tertiary/aromatic N) is 4. The van der Waals surface area contributed by atoms with Gasteiger partial charge in [0.05, 0.1) is 36.7 Å². The summed E-state index contributed by atoms with van der Waals surface area (Å²) in [6.45, 7) is 7.46. The fraction of sp³-hybridized carbons (Fsp3) is 0.375. The Morgan fingerprint density at radius 1 is 1.09 bits per heavy atom. The summed E-state index contributed by atoms with van der Waals surface area (Å²) < 4.78 is 13.0. The lowest BCUT2D eigenvalue weighted by molar-refractivity contribution is -0.120. The Labute approximate surface area is 188 Å². The molecule has 32 heavy (non-hydrogen) atoms. The largest absolute Gasteiger partial charge is 0.492 e. The van der Waals surface area contributed by atoms with Crippen LogP contribution < -0.4 is 10.1 Å². The van der Waals surface area contributed by atoms with Crippen molar-refractivity contribution in [2.45, 2.75) is 19.9 Å². The number of hydrogen-bond donors (Lipinski definition) is 1. The zero-order valence-corrected chi connectivity index (χ0v) is 18.4. The Morgan fingerprint density at radius 3 is 2.59 bits per heavy atom. The first-order valence-corrected chi connectivity index (χ1v) is 10.9. The van der Waals surface area contributed by atoms with Gasteiger partial charge >= 0.3 is 0 Å². The number of amides is 1. The molecule has 1 saturated heterocycles. The van der Waals surface area contributed by atoms with Crippen molar-refractivity contribution in [3.63, 3.8) is 0 Å². The smallest absolute Gasteiger partial charge is 0.226 e. The maximum Gasteiger partial charge on any atom is 0.226 e. The van der Waals surface area contributed by atoms with Gasteiger partial charge in [0, 0.05) is 26.2 Å². The van der Waals surface area contributed by atoms with Gasteiger partial charge in [0.1, 0.15) is 12.4 Å². The average molecular weight is 436 g/mol. The number of benzene rings is 2. The molecule has 1 aromatic heterocycles. The second kappa shape index (κ2) is 10.9. The summed E-state index contributed by atoms with van der Waals surface area (Å²) in [6, 6.07) is 17.6. The van der Waals surface area contributed by atoms with Gasteiger partial charge in [-0.1, -0.05) is 35.5 Å². The molecule has 8 nitrogen and oxygen atoms in total. The summed E-state index contributed by atoms with van der Waals surface area (Å²) in [4.78, 5) is 14.7. The van der Waals surface area contributed by atoms with Gasteiger partial charge in [-0.3, -0.25) is 9.69 Å². The Kier molecular flexibility index (Phi) is 7.47. The van der Waals surface area contributed by atoms with Crippen LogP contribution in [0.25, 0.3) is 5.69 Å². The molecule has 1 fully saturated rings. The molecule has 0 bridgehead atoms. The molecule has 2 heterocycles. The first-order valence-electron chi connectivity index (χ1n) is 10.9. The molecule has 4 rings (SSSR count). The molecule has 0 spiro atoms. The molecule has 8 heteroatoms. The molecule has 1 aliphatic rings. The number of aromatic nitrogens is 3. The fourth-order valence-electron chi connectivity index (χ4n) is 3.58. The van der Waals surface area contributed by atoms with Gasteiger partial charge in [0.15, 0.2) is 0 Å². The maximum atomic E-state index is 12.3. The molecule has 0 radical (unpaired) electrons. The Morgan fingerprint density at radius 2 is 1.84 bits per heavy atom. The normalized spacial score (nSPS) is 14.3. The monoisotopic (exact) mass is 435 g/mol. The molecule has 1 aliphatic heterocycles. The molecule has 0 saturated carbocycles. The quantitative estimate of drug-likeness (QED) is 0.555. The van der Waals surface area contributed by atoms with E-state index in [1.807, 2.05) is 61.5 Å². The van der Waals surface area contributed by atoms with E-state index in [0.717, 1.165) is 55.5 Å². The molecule has 2 aromatic carbocycles. The summed E-state index contributed by atoms with van der Waals surface area (Å²) in [7, 11) is 0. The summed E-state index contributed by atoms with van der Waals surface area (Å²) in [5.41, 5.74) is 3.46. The van der Waals surface area contributed by atoms with Crippen molar-refractivity contribution in [3.05, 3.63) is 71.5 Å². The van der Waals surface area contributed by atoms with Crippen molar-refractivity contribution in [2.75, 3.05) is 39.5 Å². The van der Waals surface area contributed by atoms with E-state index in [0.29, 0.717) is 18.8 Å². The number of ether oxygens (including phenoxy) is 2. The molecular weight excluding hydrogens is 406 g/mol. The summed E-state index contributed by atoms with van der Waals surface area (Å²) in [5, 5.41) is 11.4. The fourth-order valence-corrected chi connectivity index (χ4v) is 3.58. The maximum absolute atomic E-state index is 12.3. The third-order valence-electron chi connectivity index (χ3n) is 5.51. The van der Waals surface area contributed by atoms with Crippen molar-refractivity contribution in [1.82, 2.24) is 25.2 Å². The van der Waals surface area contributed by atoms with E-state index in [-0.39, 0.29) is 12.3 Å². The molecule has 0 unspecified atom stereocenters. The minimum absolute atomic E-state index is 0.0759. The van der Waals surface area contributed by atoms with Crippen molar-refractivity contribution < 1.29 is 14.3 Å². The first-order chi connectivity index (χ1) is 15.7. The molecular formula is C24H29N5O3. The van der Waals surface area contributed by atoms with Crippen LogP contribution in [0.5, 0.6) is 5.75 Å². The third kappa shape index (κ3) is 5.93. The lowest BCUT2D eigenvalue weighted by Gasteiger charge is -2.26. The standard InChI is InChI=1S/C24H29N5O3/c1-19-23(17-24(30)25-18-20-5-3-2-4-6-20)26-27-29(19)21-7-9-22(10-8-21)32-16-13-28-11-14-31-15-12-28/h2-10H,11-18H2,1H3,(H,25,30). The highest BCUT2D eigenvalue weighted by Crippen LogP contribution is 2.17. The number of rotatable bonds is 9. The highest BCUT2D eigenvalue weighted by atomic mass is 16.5. The molecule has 0 aliphatic carbocycles.